The maximum atomic E-state index is 12.0. The van der Waals surface area contributed by atoms with Crippen molar-refractivity contribution in [1.29, 1.82) is 0 Å². The highest BCUT2D eigenvalue weighted by molar-refractivity contribution is 6.00. The van der Waals surface area contributed by atoms with Crippen LogP contribution in [0.5, 0.6) is 5.75 Å². The van der Waals surface area contributed by atoms with Crippen molar-refractivity contribution in [1.82, 2.24) is 9.88 Å². The number of benzene rings is 1. The van der Waals surface area contributed by atoms with Gasteiger partial charge < -0.3 is 9.15 Å². The number of ether oxygens (including phenoxy) is 1. The molecular formula is C13H12N2O5. The number of hydrogen-bond acceptors (Lipinski definition) is 5. The van der Waals surface area contributed by atoms with E-state index in [2.05, 4.69) is 5.32 Å². The van der Waals surface area contributed by atoms with Crippen LogP contribution in [0.2, 0.25) is 0 Å². The van der Waals surface area contributed by atoms with Gasteiger partial charge in [-0.1, -0.05) is 0 Å². The molecule has 0 radical (unpaired) electrons. The molecule has 1 aliphatic heterocycles. The van der Waals surface area contributed by atoms with E-state index in [-0.39, 0.29) is 18.7 Å². The van der Waals surface area contributed by atoms with Gasteiger partial charge in [0, 0.05) is 12.5 Å². The highest BCUT2D eigenvalue weighted by Crippen LogP contribution is 2.25. The summed E-state index contributed by atoms with van der Waals surface area (Å²) in [4.78, 5) is 35.0. The average molecular weight is 276 g/mol. The van der Waals surface area contributed by atoms with Gasteiger partial charge in [-0.25, -0.2) is 4.79 Å². The van der Waals surface area contributed by atoms with Gasteiger partial charge >= 0.3 is 5.76 Å². The van der Waals surface area contributed by atoms with Crippen LogP contribution in [0.1, 0.15) is 18.9 Å². The smallest absolute Gasteiger partial charge is 0.420 e. The van der Waals surface area contributed by atoms with Gasteiger partial charge in [-0.05, 0) is 18.6 Å². The number of fused-ring (bicyclic) bond motifs is 1. The summed E-state index contributed by atoms with van der Waals surface area (Å²) in [7, 11) is 1.51. The van der Waals surface area contributed by atoms with E-state index < -0.39 is 17.7 Å². The summed E-state index contributed by atoms with van der Waals surface area (Å²) in [6.45, 7) is 0. The zero-order chi connectivity index (χ0) is 14.3. The first kappa shape index (κ1) is 12.5. The minimum Gasteiger partial charge on any atom is -0.497 e. The SMILES string of the molecule is COc1ccc2c(c1)oc(=O)n2C1CCC(=O)NC1=O. The highest BCUT2D eigenvalue weighted by atomic mass is 16.5. The van der Waals surface area contributed by atoms with Crippen LogP contribution in [-0.2, 0) is 9.59 Å². The Morgan fingerprint density at radius 1 is 1.35 bits per heavy atom. The van der Waals surface area contributed by atoms with Gasteiger partial charge in [0.15, 0.2) is 5.58 Å². The molecule has 1 unspecified atom stereocenters. The van der Waals surface area contributed by atoms with Crippen LogP contribution in [0.4, 0.5) is 0 Å². The molecule has 0 spiro atoms. The van der Waals surface area contributed by atoms with Gasteiger partial charge in [0.2, 0.25) is 11.8 Å². The Hall–Kier alpha value is -2.57. The fraction of sp³-hybridized carbons (Fsp3) is 0.308. The minimum absolute atomic E-state index is 0.200. The molecule has 0 aliphatic carbocycles. The van der Waals surface area contributed by atoms with Crippen molar-refractivity contribution in [3.63, 3.8) is 0 Å². The minimum atomic E-state index is -0.727. The number of amides is 2. The van der Waals surface area contributed by atoms with E-state index in [1.807, 2.05) is 0 Å². The zero-order valence-corrected chi connectivity index (χ0v) is 10.7. The van der Waals surface area contributed by atoms with Gasteiger partial charge in [-0.3, -0.25) is 19.5 Å². The first-order valence-electron chi connectivity index (χ1n) is 6.13. The van der Waals surface area contributed by atoms with Gasteiger partial charge in [0.25, 0.3) is 0 Å². The molecule has 7 nitrogen and oxygen atoms in total. The number of methoxy groups -OCH3 is 1. The second-order valence-corrected chi connectivity index (χ2v) is 4.54. The lowest BCUT2D eigenvalue weighted by molar-refractivity contribution is -0.135. The van der Waals surface area contributed by atoms with Gasteiger partial charge in [-0.2, -0.15) is 0 Å². The molecule has 1 atom stereocenters. The Bertz CT molecular complexity index is 758. The number of piperidine rings is 1. The number of carbonyl (C=O) groups is 2. The number of imide groups is 1. The van der Waals surface area contributed by atoms with Crippen molar-refractivity contribution >= 4 is 22.9 Å². The summed E-state index contributed by atoms with van der Waals surface area (Å²) in [6.07, 6.45) is 0.483. The van der Waals surface area contributed by atoms with Crippen LogP contribution in [0.25, 0.3) is 11.1 Å². The van der Waals surface area contributed by atoms with Crippen LogP contribution >= 0.6 is 0 Å². The zero-order valence-electron chi connectivity index (χ0n) is 10.7. The van der Waals surface area contributed by atoms with Crippen LogP contribution in [0.3, 0.4) is 0 Å². The third-order valence-electron chi connectivity index (χ3n) is 3.34. The van der Waals surface area contributed by atoms with Crippen molar-refractivity contribution < 1.29 is 18.7 Å². The summed E-state index contributed by atoms with van der Waals surface area (Å²) in [5, 5.41) is 2.23. The van der Waals surface area contributed by atoms with E-state index in [4.69, 9.17) is 9.15 Å². The van der Waals surface area contributed by atoms with E-state index in [1.54, 1.807) is 18.2 Å². The first-order chi connectivity index (χ1) is 9.60. The average Bonchev–Trinajstić information content (AvgIpc) is 2.74. The molecule has 1 fully saturated rings. The number of oxazole rings is 1. The highest BCUT2D eigenvalue weighted by Gasteiger charge is 2.31. The summed E-state index contributed by atoms with van der Waals surface area (Å²) in [6, 6.07) is 4.19. The summed E-state index contributed by atoms with van der Waals surface area (Å²) >= 11 is 0. The quantitative estimate of drug-likeness (QED) is 0.810. The third-order valence-corrected chi connectivity index (χ3v) is 3.34. The number of rotatable bonds is 2. The van der Waals surface area contributed by atoms with E-state index in [9.17, 15) is 14.4 Å². The van der Waals surface area contributed by atoms with Crippen LogP contribution in [0, 0.1) is 0 Å². The van der Waals surface area contributed by atoms with Crippen molar-refractivity contribution in [3.8, 4) is 5.75 Å². The van der Waals surface area contributed by atoms with Gasteiger partial charge in [0.1, 0.15) is 11.8 Å². The lowest BCUT2D eigenvalue weighted by Gasteiger charge is -2.21. The molecule has 1 aromatic heterocycles. The fourth-order valence-corrected chi connectivity index (χ4v) is 2.37. The van der Waals surface area contributed by atoms with Crippen LogP contribution in [-0.4, -0.2) is 23.5 Å². The van der Waals surface area contributed by atoms with E-state index in [1.165, 1.54) is 11.7 Å². The molecule has 1 saturated heterocycles. The summed E-state index contributed by atoms with van der Waals surface area (Å²) < 4.78 is 11.5. The number of carbonyl (C=O) groups excluding carboxylic acids is 2. The molecule has 2 aromatic rings. The summed E-state index contributed by atoms with van der Waals surface area (Å²) in [5.41, 5.74) is 0.851. The molecule has 1 N–H and O–H groups in total. The molecule has 1 aliphatic rings. The second kappa shape index (κ2) is 4.52. The van der Waals surface area contributed by atoms with E-state index >= 15 is 0 Å². The molecular weight excluding hydrogens is 264 g/mol. The number of nitrogens with one attached hydrogen (secondary N) is 1. The second-order valence-electron chi connectivity index (χ2n) is 4.54. The lowest BCUT2D eigenvalue weighted by atomic mass is 10.1. The normalized spacial score (nSPS) is 19.1. The molecule has 104 valence electrons. The number of aromatic nitrogens is 1. The third kappa shape index (κ3) is 1.87. The van der Waals surface area contributed by atoms with Gasteiger partial charge in [0.05, 0.1) is 12.6 Å². The van der Waals surface area contributed by atoms with Crippen molar-refractivity contribution in [2.24, 2.45) is 0 Å². The Kier molecular flexibility index (Phi) is 2.81. The molecule has 20 heavy (non-hydrogen) atoms. The maximum Gasteiger partial charge on any atom is 0.420 e. The predicted octanol–water partition coefficient (Wildman–Crippen LogP) is 0.581. The molecule has 2 amide bonds. The predicted molar refractivity (Wildman–Crippen MR) is 68.4 cm³/mol. The standard InChI is InChI=1S/C13H12N2O5/c1-19-7-2-3-8-10(6-7)20-13(18)15(8)9-4-5-11(16)14-12(9)17/h2-3,6,9H,4-5H2,1H3,(H,14,16,17). The number of hydrogen-bond donors (Lipinski definition) is 1. The molecule has 3 rings (SSSR count). The largest absolute Gasteiger partial charge is 0.497 e. The first-order valence-corrected chi connectivity index (χ1v) is 6.13. The van der Waals surface area contributed by atoms with Gasteiger partial charge in [-0.15, -0.1) is 0 Å². The Balaban J connectivity index is 2.12. The molecule has 0 saturated carbocycles. The van der Waals surface area contributed by atoms with E-state index in [0.29, 0.717) is 16.8 Å². The number of nitrogens with zero attached hydrogens (tertiary/aromatic N) is 1. The lowest BCUT2D eigenvalue weighted by Crippen LogP contribution is -2.43. The Labute approximate surface area is 113 Å². The molecule has 1 aromatic carbocycles. The molecule has 7 heteroatoms. The van der Waals surface area contributed by atoms with E-state index in [0.717, 1.165) is 0 Å². The fourth-order valence-electron chi connectivity index (χ4n) is 2.37. The molecule has 0 bridgehead atoms. The Morgan fingerprint density at radius 2 is 2.15 bits per heavy atom. The maximum absolute atomic E-state index is 12.0. The van der Waals surface area contributed by atoms with Crippen LogP contribution in [0.15, 0.2) is 27.4 Å². The topological polar surface area (TPSA) is 90.5 Å². The Morgan fingerprint density at radius 3 is 2.85 bits per heavy atom. The van der Waals surface area contributed by atoms with Crippen LogP contribution < -0.4 is 15.8 Å². The van der Waals surface area contributed by atoms with Crippen molar-refractivity contribution in [2.45, 2.75) is 18.9 Å². The molecule has 2 heterocycles. The monoisotopic (exact) mass is 276 g/mol. The van der Waals surface area contributed by atoms with Crippen molar-refractivity contribution in [3.05, 3.63) is 28.7 Å². The summed E-state index contributed by atoms with van der Waals surface area (Å²) in [5.74, 6) is -0.875. The van der Waals surface area contributed by atoms with Crippen molar-refractivity contribution in [2.75, 3.05) is 7.11 Å².